The van der Waals surface area contributed by atoms with Crippen LogP contribution in [-0.4, -0.2) is 44.7 Å². The van der Waals surface area contributed by atoms with Crippen molar-refractivity contribution in [2.24, 2.45) is 0 Å². The van der Waals surface area contributed by atoms with Crippen molar-refractivity contribution in [3.8, 4) is 6.01 Å². The number of anilines is 3. The molecule has 1 heterocycles. The number of halogens is 6. The van der Waals surface area contributed by atoms with Crippen LogP contribution >= 0.6 is 0 Å². The number of nitrogens with zero attached hydrogens (tertiary/aromatic N) is 3. The lowest BCUT2D eigenvalue weighted by molar-refractivity contribution is -0.991. The molecular formula is C16H18F6N6O3. The molecule has 2 atom stereocenters. The van der Waals surface area contributed by atoms with Gasteiger partial charge in [0.1, 0.15) is 0 Å². The number of rotatable bonds is 8. The molecule has 2 rings (SSSR count). The van der Waals surface area contributed by atoms with Crippen molar-refractivity contribution in [1.29, 1.82) is 0 Å². The molecule has 0 aliphatic heterocycles. The van der Waals surface area contributed by atoms with Crippen molar-refractivity contribution < 1.29 is 41.5 Å². The van der Waals surface area contributed by atoms with E-state index in [1.54, 1.807) is 13.8 Å². The molecular weight excluding hydrogens is 438 g/mol. The van der Waals surface area contributed by atoms with E-state index >= 15 is 0 Å². The first kappa shape index (κ1) is 24.4. The number of hydrogen-bond acceptors (Lipinski definition) is 8. The number of benzene rings is 1. The second-order valence-electron chi connectivity index (χ2n) is 6.31. The largest absolute Gasteiger partial charge is 0.595 e. The fourth-order valence-corrected chi connectivity index (χ4v) is 2.10. The van der Waals surface area contributed by atoms with Crippen LogP contribution in [0.5, 0.6) is 6.01 Å². The Bertz CT molecular complexity index is 848. The van der Waals surface area contributed by atoms with Crippen molar-refractivity contribution >= 4 is 23.3 Å². The van der Waals surface area contributed by atoms with Gasteiger partial charge in [0.05, 0.1) is 0 Å². The Kier molecular flexibility index (Phi) is 7.45. The monoisotopic (exact) mass is 456 g/mol. The van der Waals surface area contributed by atoms with Crippen LogP contribution in [0.4, 0.5) is 49.6 Å². The highest BCUT2D eigenvalue weighted by Crippen LogP contribution is 2.36. The van der Waals surface area contributed by atoms with Gasteiger partial charge in [-0.3, -0.25) is 0 Å². The topological polar surface area (TPSA) is 120 Å². The molecule has 0 aliphatic carbocycles. The minimum atomic E-state index is -5.75. The third-order valence-electron chi connectivity index (χ3n) is 3.81. The number of quaternary nitrogens is 1. The maximum atomic E-state index is 12.8. The molecule has 15 heteroatoms. The summed E-state index contributed by atoms with van der Waals surface area (Å²) in [6.45, 7) is 3.47. The Hall–Kier alpha value is -2.91. The SMILES string of the molecule is CCC(C)Nc1nc(Nc2ccc([NH+]([O-])O)cc2)nc(OC(C(F)(F)F)C(F)(F)F)n1. The molecule has 0 amide bonds. The van der Waals surface area contributed by atoms with Crippen LogP contribution in [0, 0.1) is 5.21 Å². The summed E-state index contributed by atoms with van der Waals surface area (Å²) in [6.07, 6.45) is -15.1. The summed E-state index contributed by atoms with van der Waals surface area (Å²) >= 11 is 0. The molecule has 0 saturated carbocycles. The normalized spacial score (nSPS) is 14.3. The van der Waals surface area contributed by atoms with Gasteiger partial charge in [-0.25, -0.2) is 5.21 Å². The van der Waals surface area contributed by atoms with Crippen LogP contribution in [0.15, 0.2) is 24.3 Å². The number of hydrogen-bond donors (Lipinski definition) is 4. The summed E-state index contributed by atoms with van der Waals surface area (Å²) in [5, 5.41) is 23.9. The molecule has 0 radical (unpaired) electrons. The van der Waals surface area contributed by atoms with E-state index in [0.717, 1.165) is 0 Å². The lowest BCUT2D eigenvalue weighted by Crippen LogP contribution is -2.99. The van der Waals surface area contributed by atoms with Gasteiger partial charge in [-0.2, -0.15) is 46.5 Å². The minimum absolute atomic E-state index is 0.0393. The molecule has 2 unspecified atom stereocenters. The standard InChI is InChI=1S/C16H18F6N6O3/c1-3-8(2)23-12-25-13(24-9-4-6-10(7-5-9)28(29)30)27-14(26-12)31-11(15(17,18)19)16(20,21)22/h4-8,11,28-29H,3H2,1-2H3,(H2,23,24,25,26,27). The Morgan fingerprint density at radius 1 is 1.03 bits per heavy atom. The summed E-state index contributed by atoms with van der Waals surface area (Å²) in [7, 11) is 0. The van der Waals surface area contributed by atoms with Gasteiger partial charge >= 0.3 is 18.4 Å². The Morgan fingerprint density at radius 3 is 2.06 bits per heavy atom. The molecule has 1 aromatic heterocycles. The van der Waals surface area contributed by atoms with E-state index in [2.05, 4.69) is 30.3 Å². The summed E-state index contributed by atoms with van der Waals surface area (Å²) in [5.41, 5.74) is 0.183. The van der Waals surface area contributed by atoms with Crippen LogP contribution in [-0.2, 0) is 0 Å². The summed E-state index contributed by atoms with van der Waals surface area (Å²) in [4.78, 5) is 10.9. The van der Waals surface area contributed by atoms with E-state index in [0.29, 0.717) is 6.42 Å². The zero-order chi connectivity index (χ0) is 23.4. The number of ether oxygens (including phenoxy) is 1. The Balaban J connectivity index is 2.38. The predicted molar refractivity (Wildman–Crippen MR) is 95.2 cm³/mol. The first-order valence-electron chi connectivity index (χ1n) is 8.72. The highest BCUT2D eigenvalue weighted by Gasteiger charge is 2.59. The average Bonchev–Trinajstić information content (AvgIpc) is 2.64. The zero-order valence-corrected chi connectivity index (χ0v) is 16.0. The van der Waals surface area contributed by atoms with Gasteiger partial charge < -0.3 is 20.6 Å². The maximum absolute atomic E-state index is 12.8. The van der Waals surface area contributed by atoms with E-state index in [1.165, 1.54) is 24.3 Å². The van der Waals surface area contributed by atoms with E-state index in [4.69, 9.17) is 5.21 Å². The number of nitrogens with one attached hydrogen (secondary N) is 3. The second kappa shape index (κ2) is 9.49. The smallest absolute Gasteiger partial charge is 0.434 e. The molecule has 31 heavy (non-hydrogen) atoms. The molecule has 2 aromatic rings. The van der Waals surface area contributed by atoms with Gasteiger partial charge in [-0.1, -0.05) is 6.92 Å². The average molecular weight is 456 g/mol. The quantitative estimate of drug-likeness (QED) is 0.354. The molecule has 0 bridgehead atoms. The van der Waals surface area contributed by atoms with Crippen LogP contribution in [0.25, 0.3) is 0 Å². The number of alkyl halides is 6. The van der Waals surface area contributed by atoms with Gasteiger partial charge in [0, 0.05) is 23.9 Å². The van der Waals surface area contributed by atoms with E-state index < -0.39 is 35.6 Å². The van der Waals surface area contributed by atoms with Crippen molar-refractivity contribution in [3.05, 3.63) is 29.5 Å². The zero-order valence-electron chi connectivity index (χ0n) is 16.0. The highest BCUT2D eigenvalue weighted by atomic mass is 19.4. The van der Waals surface area contributed by atoms with Crippen molar-refractivity contribution in [2.75, 3.05) is 10.6 Å². The molecule has 172 valence electrons. The predicted octanol–water partition coefficient (Wildman–Crippen LogP) is 3.10. The minimum Gasteiger partial charge on any atom is -0.595 e. The molecule has 0 aliphatic rings. The molecule has 9 nitrogen and oxygen atoms in total. The second-order valence-corrected chi connectivity index (χ2v) is 6.31. The lowest BCUT2D eigenvalue weighted by Gasteiger charge is -2.23. The van der Waals surface area contributed by atoms with Crippen LogP contribution in [0.3, 0.4) is 0 Å². The summed E-state index contributed by atoms with van der Waals surface area (Å²) in [6, 6.07) is 3.60. The van der Waals surface area contributed by atoms with Gasteiger partial charge in [-0.15, -0.1) is 0 Å². The van der Waals surface area contributed by atoms with Crippen molar-refractivity contribution in [3.63, 3.8) is 0 Å². The van der Waals surface area contributed by atoms with Crippen LogP contribution < -0.4 is 20.6 Å². The van der Waals surface area contributed by atoms with E-state index in [9.17, 15) is 31.5 Å². The maximum Gasteiger partial charge on any atom is 0.434 e. The lowest BCUT2D eigenvalue weighted by atomic mass is 10.3. The molecule has 0 spiro atoms. The van der Waals surface area contributed by atoms with Crippen molar-refractivity contribution in [1.82, 2.24) is 15.0 Å². The Labute approximate surface area is 171 Å². The fraction of sp³-hybridized carbons (Fsp3) is 0.438. The highest BCUT2D eigenvalue weighted by molar-refractivity contribution is 5.56. The molecule has 4 N–H and O–H groups in total. The fourth-order valence-electron chi connectivity index (χ4n) is 2.10. The third kappa shape index (κ3) is 7.08. The first-order valence-corrected chi connectivity index (χ1v) is 8.72. The van der Waals surface area contributed by atoms with Gasteiger partial charge in [0.25, 0.3) is 6.10 Å². The van der Waals surface area contributed by atoms with Crippen molar-refractivity contribution in [2.45, 2.75) is 44.8 Å². The van der Waals surface area contributed by atoms with Crippen LogP contribution in [0.1, 0.15) is 20.3 Å². The van der Waals surface area contributed by atoms with Gasteiger partial charge in [-0.05, 0) is 25.5 Å². The third-order valence-corrected chi connectivity index (χ3v) is 3.81. The summed E-state index contributed by atoms with van der Waals surface area (Å²) < 4.78 is 81.0. The molecule has 1 aromatic carbocycles. The van der Waals surface area contributed by atoms with E-state index in [-0.39, 0.29) is 23.4 Å². The van der Waals surface area contributed by atoms with E-state index in [1.807, 2.05) is 0 Å². The molecule has 0 fully saturated rings. The summed E-state index contributed by atoms with van der Waals surface area (Å²) in [5.74, 6) is -0.728. The van der Waals surface area contributed by atoms with Gasteiger partial charge in [0.15, 0.2) is 5.69 Å². The Morgan fingerprint density at radius 2 is 1.58 bits per heavy atom. The van der Waals surface area contributed by atoms with Gasteiger partial charge in [0.2, 0.25) is 11.9 Å². The van der Waals surface area contributed by atoms with Crippen LogP contribution in [0.2, 0.25) is 0 Å². The number of aromatic nitrogens is 3. The first-order chi connectivity index (χ1) is 14.3. The molecule has 0 saturated heterocycles.